The highest BCUT2D eigenvalue weighted by atomic mass is 16.1. The lowest BCUT2D eigenvalue weighted by Crippen LogP contribution is -2.27. The van der Waals surface area contributed by atoms with E-state index >= 15 is 0 Å². The van der Waals surface area contributed by atoms with E-state index in [1.165, 1.54) is 0 Å². The zero-order chi connectivity index (χ0) is 12.1. The van der Waals surface area contributed by atoms with Gasteiger partial charge in [0, 0.05) is 12.2 Å². The van der Waals surface area contributed by atoms with Crippen LogP contribution in [0, 0.1) is 24.2 Å². The van der Waals surface area contributed by atoms with Gasteiger partial charge in [0.2, 0.25) is 0 Å². The predicted octanol–water partition coefficient (Wildman–Crippen LogP) is 2.46. The second kappa shape index (κ2) is 5.50. The number of nitriles is 1. The van der Waals surface area contributed by atoms with Crippen molar-refractivity contribution in [2.24, 2.45) is 5.92 Å². The monoisotopic (exact) mass is 218 g/mol. The first-order chi connectivity index (χ1) is 7.63. The molecule has 3 nitrogen and oxygen atoms in total. The van der Waals surface area contributed by atoms with Gasteiger partial charge in [0.25, 0.3) is 5.56 Å². The topological polar surface area (TPSA) is 45.8 Å². The van der Waals surface area contributed by atoms with Crippen molar-refractivity contribution in [3.8, 4) is 6.07 Å². The lowest BCUT2D eigenvalue weighted by molar-refractivity contribution is 0.407. The lowest BCUT2D eigenvalue weighted by Gasteiger charge is -2.16. The van der Waals surface area contributed by atoms with Crippen LogP contribution in [0.5, 0.6) is 0 Å². The highest BCUT2D eigenvalue weighted by Gasteiger charge is 2.10. The predicted molar refractivity (Wildman–Crippen MR) is 64.2 cm³/mol. The van der Waals surface area contributed by atoms with Crippen LogP contribution in [0.4, 0.5) is 0 Å². The normalized spacial score (nSPS) is 10.4. The Morgan fingerprint density at radius 2 is 2.00 bits per heavy atom. The third-order valence-corrected chi connectivity index (χ3v) is 3.11. The Bertz CT molecular complexity index is 450. The van der Waals surface area contributed by atoms with Gasteiger partial charge in [-0.2, -0.15) is 5.26 Å². The molecule has 0 atom stereocenters. The number of hydrogen-bond acceptors (Lipinski definition) is 2. The molecule has 3 heteroatoms. The summed E-state index contributed by atoms with van der Waals surface area (Å²) in [4.78, 5) is 11.9. The summed E-state index contributed by atoms with van der Waals surface area (Å²) in [5.41, 5.74) is 1.00. The van der Waals surface area contributed by atoms with Crippen LogP contribution >= 0.6 is 0 Å². The van der Waals surface area contributed by atoms with Crippen LogP contribution in [0.1, 0.15) is 37.9 Å². The molecule has 0 aliphatic heterocycles. The van der Waals surface area contributed by atoms with Crippen LogP contribution in [0.3, 0.4) is 0 Å². The molecule has 0 N–H and O–H groups in total. The maximum atomic E-state index is 11.9. The standard InChI is InChI=1S/C13H18N2O/c1-4-11(5-2)9-15-10(3)6-7-12(8-14)13(15)16/h6-7,11H,4-5,9H2,1-3H3. The van der Waals surface area contributed by atoms with Crippen molar-refractivity contribution in [2.45, 2.75) is 40.2 Å². The van der Waals surface area contributed by atoms with Crippen molar-refractivity contribution in [2.75, 3.05) is 0 Å². The van der Waals surface area contributed by atoms with E-state index in [9.17, 15) is 4.79 Å². The van der Waals surface area contributed by atoms with Crippen molar-refractivity contribution in [3.05, 3.63) is 33.7 Å². The molecular formula is C13H18N2O. The van der Waals surface area contributed by atoms with Crippen LogP contribution in [0.25, 0.3) is 0 Å². The second-order valence-electron chi connectivity index (χ2n) is 4.10. The number of nitrogens with zero attached hydrogens (tertiary/aromatic N) is 2. The highest BCUT2D eigenvalue weighted by Crippen LogP contribution is 2.11. The van der Waals surface area contributed by atoms with Crippen LogP contribution in [-0.4, -0.2) is 4.57 Å². The summed E-state index contributed by atoms with van der Waals surface area (Å²) in [6.07, 6.45) is 2.11. The number of rotatable bonds is 4. The van der Waals surface area contributed by atoms with Gasteiger partial charge in [-0.1, -0.05) is 26.7 Å². The first-order valence-corrected chi connectivity index (χ1v) is 5.74. The minimum Gasteiger partial charge on any atom is -0.312 e. The van der Waals surface area contributed by atoms with Gasteiger partial charge >= 0.3 is 0 Å². The Labute approximate surface area is 96.3 Å². The molecule has 0 fully saturated rings. The fourth-order valence-electron chi connectivity index (χ4n) is 1.79. The van der Waals surface area contributed by atoms with E-state index in [-0.39, 0.29) is 11.1 Å². The van der Waals surface area contributed by atoms with E-state index in [1.807, 2.05) is 19.1 Å². The SMILES string of the molecule is CCC(CC)Cn1c(C)ccc(C#N)c1=O. The van der Waals surface area contributed by atoms with Gasteiger partial charge in [-0.25, -0.2) is 0 Å². The zero-order valence-electron chi connectivity index (χ0n) is 10.2. The fourth-order valence-corrected chi connectivity index (χ4v) is 1.79. The number of pyridine rings is 1. The van der Waals surface area contributed by atoms with E-state index in [0.29, 0.717) is 12.5 Å². The lowest BCUT2D eigenvalue weighted by atomic mass is 10.0. The highest BCUT2D eigenvalue weighted by molar-refractivity contribution is 5.27. The summed E-state index contributed by atoms with van der Waals surface area (Å²) >= 11 is 0. The second-order valence-corrected chi connectivity index (χ2v) is 4.10. The average Bonchev–Trinajstić information content (AvgIpc) is 2.30. The molecule has 16 heavy (non-hydrogen) atoms. The van der Waals surface area contributed by atoms with Gasteiger partial charge in [-0.05, 0) is 25.0 Å². The first-order valence-electron chi connectivity index (χ1n) is 5.74. The van der Waals surface area contributed by atoms with Crippen molar-refractivity contribution in [1.29, 1.82) is 5.26 Å². The molecule has 0 saturated carbocycles. The van der Waals surface area contributed by atoms with Crippen molar-refractivity contribution < 1.29 is 0 Å². The van der Waals surface area contributed by atoms with Crippen LogP contribution < -0.4 is 5.56 Å². The zero-order valence-corrected chi connectivity index (χ0v) is 10.2. The Balaban J connectivity index is 3.13. The van der Waals surface area contributed by atoms with Crippen LogP contribution in [0.2, 0.25) is 0 Å². The molecule has 1 aromatic rings. The van der Waals surface area contributed by atoms with E-state index in [1.54, 1.807) is 10.6 Å². The smallest absolute Gasteiger partial charge is 0.268 e. The maximum Gasteiger partial charge on any atom is 0.268 e. The number of aryl methyl sites for hydroxylation is 1. The molecule has 1 rings (SSSR count). The van der Waals surface area contributed by atoms with Gasteiger partial charge in [0.15, 0.2) is 0 Å². The summed E-state index contributed by atoms with van der Waals surface area (Å²) in [5.74, 6) is 0.505. The van der Waals surface area contributed by atoms with E-state index in [0.717, 1.165) is 18.5 Å². The maximum absolute atomic E-state index is 11.9. The molecule has 0 bridgehead atoms. The Morgan fingerprint density at radius 3 is 2.50 bits per heavy atom. The molecule has 0 radical (unpaired) electrons. The molecule has 1 aromatic heterocycles. The summed E-state index contributed by atoms with van der Waals surface area (Å²) in [7, 11) is 0. The van der Waals surface area contributed by atoms with Gasteiger partial charge in [0.05, 0.1) is 0 Å². The van der Waals surface area contributed by atoms with E-state index in [4.69, 9.17) is 5.26 Å². The Morgan fingerprint density at radius 1 is 1.38 bits per heavy atom. The van der Waals surface area contributed by atoms with Crippen molar-refractivity contribution in [3.63, 3.8) is 0 Å². The molecule has 0 aliphatic carbocycles. The van der Waals surface area contributed by atoms with Crippen molar-refractivity contribution >= 4 is 0 Å². The number of hydrogen-bond donors (Lipinski definition) is 0. The molecular weight excluding hydrogens is 200 g/mol. The average molecular weight is 218 g/mol. The van der Waals surface area contributed by atoms with Crippen LogP contribution in [0.15, 0.2) is 16.9 Å². The van der Waals surface area contributed by atoms with Gasteiger partial charge in [-0.15, -0.1) is 0 Å². The molecule has 0 spiro atoms. The van der Waals surface area contributed by atoms with Crippen molar-refractivity contribution in [1.82, 2.24) is 4.57 Å². The molecule has 1 heterocycles. The summed E-state index contributed by atoms with van der Waals surface area (Å²) in [6, 6.07) is 5.37. The molecule has 0 amide bonds. The van der Waals surface area contributed by atoms with Gasteiger partial charge in [-0.3, -0.25) is 4.79 Å². The fraction of sp³-hybridized carbons (Fsp3) is 0.538. The quantitative estimate of drug-likeness (QED) is 0.779. The largest absolute Gasteiger partial charge is 0.312 e. The first kappa shape index (κ1) is 12.5. The molecule has 0 saturated heterocycles. The minimum absolute atomic E-state index is 0.158. The van der Waals surface area contributed by atoms with E-state index < -0.39 is 0 Å². The number of aromatic nitrogens is 1. The minimum atomic E-state index is -0.158. The summed E-state index contributed by atoms with van der Waals surface area (Å²) in [6.45, 7) is 6.88. The van der Waals surface area contributed by atoms with Gasteiger partial charge in [0.1, 0.15) is 11.6 Å². The Kier molecular flexibility index (Phi) is 4.30. The summed E-state index contributed by atoms with van der Waals surface area (Å²) in [5, 5.41) is 8.82. The van der Waals surface area contributed by atoms with E-state index in [2.05, 4.69) is 13.8 Å². The molecule has 0 aromatic carbocycles. The van der Waals surface area contributed by atoms with Gasteiger partial charge < -0.3 is 4.57 Å². The molecule has 0 unspecified atom stereocenters. The summed E-state index contributed by atoms with van der Waals surface area (Å²) < 4.78 is 1.72. The molecule has 0 aliphatic rings. The molecule has 86 valence electrons. The third kappa shape index (κ3) is 2.52. The third-order valence-electron chi connectivity index (χ3n) is 3.11. The van der Waals surface area contributed by atoms with Crippen LogP contribution in [-0.2, 0) is 6.54 Å². The Hall–Kier alpha value is -1.56.